The van der Waals surface area contributed by atoms with E-state index in [-0.39, 0.29) is 0 Å². The van der Waals surface area contributed by atoms with Gasteiger partial charge in [-0.1, -0.05) is 24.3 Å². The van der Waals surface area contributed by atoms with Crippen LogP contribution in [-0.4, -0.2) is 62.7 Å². The second-order valence-electron chi connectivity index (χ2n) is 7.49. The average Bonchev–Trinajstić information content (AvgIpc) is 3.56. The lowest BCUT2D eigenvalue weighted by Crippen LogP contribution is -2.60. The van der Waals surface area contributed by atoms with E-state index < -0.39 is 37.3 Å². The minimum atomic E-state index is -1.48. The largest absolute Gasteiger partial charge is 0.460 e. The Morgan fingerprint density at radius 1 is 1.00 bits per heavy atom. The first kappa shape index (κ1) is 19.3. The molecule has 1 aromatic heterocycles. The molecule has 5 atom stereocenters. The molecule has 2 aromatic rings. The predicted octanol–water partition coefficient (Wildman–Crippen LogP) is 0.728. The highest BCUT2D eigenvalue weighted by atomic mass is 16.7. The summed E-state index contributed by atoms with van der Waals surface area (Å²) in [5.41, 5.74) is 3.34. The lowest BCUT2D eigenvalue weighted by molar-refractivity contribution is -0.277. The van der Waals surface area contributed by atoms with Gasteiger partial charge in [-0.25, -0.2) is 0 Å². The lowest BCUT2D eigenvalue weighted by Gasteiger charge is -2.39. The smallest absolute Gasteiger partial charge is 0.229 e. The molecule has 0 spiro atoms. The van der Waals surface area contributed by atoms with Crippen LogP contribution < -0.4 is 4.74 Å². The van der Waals surface area contributed by atoms with Crippen molar-refractivity contribution in [3.8, 4) is 5.75 Å². The first-order valence-corrected chi connectivity index (χ1v) is 9.55. The van der Waals surface area contributed by atoms with Crippen LogP contribution in [0.25, 0.3) is 0 Å². The maximum Gasteiger partial charge on any atom is 0.229 e. The molecule has 2 aliphatic rings. The van der Waals surface area contributed by atoms with Crippen LogP contribution in [0.15, 0.2) is 42.7 Å². The Bertz CT molecular complexity index is 792. The van der Waals surface area contributed by atoms with Crippen molar-refractivity contribution in [3.63, 3.8) is 0 Å². The van der Waals surface area contributed by atoms with E-state index >= 15 is 0 Å². The molecule has 0 amide bonds. The molecule has 4 rings (SSSR count). The second kappa shape index (κ2) is 8.14. The number of benzene rings is 1. The van der Waals surface area contributed by atoms with Crippen LogP contribution in [0.4, 0.5) is 0 Å². The number of nitrogens with zero attached hydrogens (tertiary/aromatic N) is 1. The van der Waals surface area contributed by atoms with Gasteiger partial charge in [-0.15, -0.1) is 0 Å². The summed E-state index contributed by atoms with van der Waals surface area (Å²) < 4.78 is 11.2. The van der Waals surface area contributed by atoms with Crippen molar-refractivity contribution in [1.29, 1.82) is 0 Å². The zero-order chi connectivity index (χ0) is 19.7. The van der Waals surface area contributed by atoms with Gasteiger partial charge >= 0.3 is 0 Å². The summed E-state index contributed by atoms with van der Waals surface area (Å²) in [6.07, 6.45) is -0.271. The van der Waals surface area contributed by atoms with E-state index in [9.17, 15) is 20.4 Å². The minimum Gasteiger partial charge on any atom is -0.460 e. The fourth-order valence-electron chi connectivity index (χ4n) is 3.50. The summed E-state index contributed by atoms with van der Waals surface area (Å²) in [6.45, 7) is -0.502. The topological polar surface area (TPSA) is 112 Å². The van der Waals surface area contributed by atoms with Crippen molar-refractivity contribution >= 4 is 0 Å². The van der Waals surface area contributed by atoms with Gasteiger partial charge in [0, 0.05) is 18.2 Å². The molecule has 28 heavy (non-hydrogen) atoms. The van der Waals surface area contributed by atoms with Gasteiger partial charge in [0.25, 0.3) is 0 Å². The Hall–Kier alpha value is -2.03. The Labute approximate surface area is 163 Å². The van der Waals surface area contributed by atoms with Gasteiger partial charge in [0.2, 0.25) is 6.29 Å². The second-order valence-corrected chi connectivity index (χ2v) is 7.49. The number of pyridine rings is 1. The number of aliphatic hydroxyl groups is 4. The van der Waals surface area contributed by atoms with Gasteiger partial charge in [0.15, 0.2) is 0 Å². The molecule has 0 radical (unpaired) electrons. The number of hydrogen-bond donors (Lipinski definition) is 4. The maximum atomic E-state index is 10.2. The van der Waals surface area contributed by atoms with Crippen LogP contribution in [-0.2, 0) is 11.2 Å². The molecule has 1 aliphatic carbocycles. The molecular weight excluding hydrogens is 362 g/mol. The molecule has 1 saturated carbocycles. The summed E-state index contributed by atoms with van der Waals surface area (Å²) in [5.74, 6) is 1.12. The van der Waals surface area contributed by atoms with E-state index in [1.165, 1.54) is 24.6 Å². The first-order valence-electron chi connectivity index (χ1n) is 9.55. The van der Waals surface area contributed by atoms with Crippen LogP contribution >= 0.6 is 0 Å². The molecule has 150 valence electrons. The Balaban J connectivity index is 1.49. The summed E-state index contributed by atoms with van der Waals surface area (Å²) >= 11 is 0. The van der Waals surface area contributed by atoms with Crippen LogP contribution in [0.1, 0.15) is 35.4 Å². The molecule has 4 N–H and O–H groups in total. The van der Waals surface area contributed by atoms with Crippen molar-refractivity contribution in [2.24, 2.45) is 0 Å². The molecule has 1 saturated heterocycles. The standard InChI is InChI=1S/C21H25NO6/c23-11-17-18(24)19(25)20(26)21(28-17)27-16-10-22-8-7-15(16)9-12-1-3-13(4-2-12)14-5-6-14/h1-4,7-8,10,14,17-21,23-26H,5-6,9,11H2/t17-,18-,19+,20-,21-/m1/s1. The maximum absolute atomic E-state index is 10.2. The fourth-order valence-corrected chi connectivity index (χ4v) is 3.50. The summed E-state index contributed by atoms with van der Waals surface area (Å²) in [6, 6.07) is 10.4. The van der Waals surface area contributed by atoms with E-state index in [1.807, 2.05) is 6.07 Å². The highest BCUT2D eigenvalue weighted by Gasteiger charge is 2.44. The minimum absolute atomic E-state index is 0.415. The van der Waals surface area contributed by atoms with Crippen molar-refractivity contribution in [1.82, 2.24) is 4.98 Å². The van der Waals surface area contributed by atoms with Crippen LogP contribution in [0, 0.1) is 0 Å². The third kappa shape index (κ3) is 4.04. The lowest BCUT2D eigenvalue weighted by atomic mass is 9.99. The van der Waals surface area contributed by atoms with Crippen molar-refractivity contribution in [2.75, 3.05) is 6.61 Å². The van der Waals surface area contributed by atoms with Gasteiger partial charge < -0.3 is 29.9 Å². The molecule has 0 unspecified atom stereocenters. The van der Waals surface area contributed by atoms with Crippen LogP contribution in [0.5, 0.6) is 5.75 Å². The zero-order valence-corrected chi connectivity index (χ0v) is 15.4. The highest BCUT2D eigenvalue weighted by molar-refractivity contribution is 5.37. The summed E-state index contributed by atoms with van der Waals surface area (Å²) in [5, 5.41) is 39.3. The third-order valence-electron chi connectivity index (χ3n) is 5.38. The summed E-state index contributed by atoms with van der Waals surface area (Å²) in [7, 11) is 0. The van der Waals surface area contributed by atoms with Gasteiger partial charge in [-0.2, -0.15) is 0 Å². The third-order valence-corrected chi connectivity index (χ3v) is 5.38. The predicted molar refractivity (Wildman–Crippen MR) is 99.9 cm³/mol. The normalized spacial score (nSPS) is 30.2. The quantitative estimate of drug-likeness (QED) is 0.578. The van der Waals surface area contributed by atoms with Gasteiger partial charge in [-0.05, 0) is 36.0 Å². The molecule has 7 heteroatoms. The highest BCUT2D eigenvalue weighted by Crippen LogP contribution is 2.40. The summed E-state index contributed by atoms with van der Waals surface area (Å²) in [4.78, 5) is 4.07. The van der Waals surface area contributed by atoms with E-state index in [1.54, 1.807) is 6.20 Å². The number of aliphatic hydroxyl groups excluding tert-OH is 4. The monoisotopic (exact) mass is 387 g/mol. The van der Waals surface area contributed by atoms with Gasteiger partial charge in [0.05, 0.1) is 12.8 Å². The molecule has 0 bridgehead atoms. The van der Waals surface area contributed by atoms with Crippen molar-refractivity contribution < 1.29 is 29.9 Å². The Kier molecular flexibility index (Phi) is 5.61. The SMILES string of the molecule is OC[C@H]1O[C@@H](Oc2cnccc2Cc2ccc(C3CC3)cc2)[C@H](O)[C@@H](O)[C@@H]1O. The van der Waals surface area contributed by atoms with E-state index in [2.05, 4.69) is 29.2 Å². The van der Waals surface area contributed by atoms with E-state index in [4.69, 9.17) is 9.47 Å². The molecule has 7 nitrogen and oxygen atoms in total. The molecule has 1 aromatic carbocycles. The zero-order valence-electron chi connectivity index (χ0n) is 15.4. The van der Waals surface area contributed by atoms with E-state index in [0.29, 0.717) is 18.1 Å². The van der Waals surface area contributed by atoms with Crippen LogP contribution in [0.2, 0.25) is 0 Å². The van der Waals surface area contributed by atoms with Crippen LogP contribution in [0.3, 0.4) is 0 Å². The molecule has 2 fully saturated rings. The van der Waals surface area contributed by atoms with Crippen molar-refractivity contribution in [2.45, 2.75) is 55.9 Å². The van der Waals surface area contributed by atoms with Crippen molar-refractivity contribution in [3.05, 3.63) is 59.4 Å². The number of rotatable bonds is 6. The van der Waals surface area contributed by atoms with E-state index in [0.717, 1.165) is 11.1 Å². The first-order chi connectivity index (χ1) is 13.6. The fraction of sp³-hybridized carbons (Fsp3) is 0.476. The van der Waals surface area contributed by atoms with Gasteiger partial charge in [0.1, 0.15) is 30.2 Å². The molecule has 1 aliphatic heterocycles. The number of hydrogen-bond acceptors (Lipinski definition) is 7. The van der Waals surface area contributed by atoms with Gasteiger partial charge in [-0.3, -0.25) is 4.98 Å². The number of aromatic nitrogens is 1. The average molecular weight is 387 g/mol. The Morgan fingerprint density at radius 3 is 2.43 bits per heavy atom. The Morgan fingerprint density at radius 2 is 1.75 bits per heavy atom. The molecular formula is C21H25NO6. The molecule has 2 heterocycles. The number of ether oxygens (including phenoxy) is 2.